The third kappa shape index (κ3) is 6.23. The third-order valence-electron chi connectivity index (χ3n) is 5.09. The van der Waals surface area contributed by atoms with Crippen LogP contribution in [0.15, 0.2) is 48.5 Å². The second-order valence-electron chi connectivity index (χ2n) is 9.77. The van der Waals surface area contributed by atoms with Crippen LogP contribution < -0.4 is 10.1 Å². The maximum absolute atomic E-state index is 13.6. The maximum Gasteiger partial charge on any atom is 0.408 e. The minimum Gasteiger partial charge on any atom is -0.508 e. The molecule has 6 heteroatoms. The predicted molar refractivity (Wildman–Crippen MR) is 120 cm³/mol. The predicted octanol–water partition coefficient (Wildman–Crippen LogP) is 5.16. The van der Waals surface area contributed by atoms with Crippen molar-refractivity contribution in [3.63, 3.8) is 0 Å². The van der Waals surface area contributed by atoms with E-state index in [0.29, 0.717) is 5.75 Å². The van der Waals surface area contributed by atoms with Crippen LogP contribution in [-0.2, 0) is 16.0 Å². The van der Waals surface area contributed by atoms with E-state index >= 15 is 0 Å². The number of carbonyl (C=O) groups is 2. The van der Waals surface area contributed by atoms with Crippen molar-refractivity contribution in [2.75, 3.05) is 0 Å². The van der Waals surface area contributed by atoms with Crippen molar-refractivity contribution >= 4 is 12.1 Å². The number of hydrogen-bond donors (Lipinski definition) is 2. The van der Waals surface area contributed by atoms with Crippen molar-refractivity contribution in [2.45, 2.75) is 66.0 Å². The molecule has 0 unspecified atom stereocenters. The zero-order chi connectivity index (χ0) is 23.4. The Kier molecular flexibility index (Phi) is 7.04. The molecule has 0 fully saturated rings. The lowest BCUT2D eigenvalue weighted by atomic mass is 9.69. The molecule has 0 spiro atoms. The first-order chi connectivity index (χ1) is 14.2. The molecule has 0 aromatic heterocycles. The summed E-state index contributed by atoms with van der Waals surface area (Å²) in [4.78, 5) is 26.5. The fraction of sp³-hybridized carbons (Fsp3) is 0.440. The highest BCUT2D eigenvalue weighted by atomic mass is 16.6. The quantitative estimate of drug-likeness (QED) is 0.509. The topological polar surface area (TPSA) is 84.9 Å². The van der Waals surface area contributed by atoms with Crippen molar-refractivity contribution in [1.29, 1.82) is 0 Å². The van der Waals surface area contributed by atoms with Gasteiger partial charge in [-0.05, 0) is 68.5 Å². The summed E-state index contributed by atoms with van der Waals surface area (Å²) < 4.78 is 11.2. The van der Waals surface area contributed by atoms with Crippen molar-refractivity contribution in [2.24, 2.45) is 5.41 Å². The van der Waals surface area contributed by atoms with Gasteiger partial charge < -0.3 is 19.9 Å². The van der Waals surface area contributed by atoms with Gasteiger partial charge in [-0.2, -0.15) is 0 Å². The third-order valence-corrected chi connectivity index (χ3v) is 5.09. The first-order valence-corrected chi connectivity index (χ1v) is 10.3. The van der Waals surface area contributed by atoms with Crippen LogP contribution in [0.25, 0.3) is 0 Å². The molecular weight excluding hydrogens is 394 g/mol. The van der Waals surface area contributed by atoms with Gasteiger partial charge in [0.25, 0.3) is 0 Å². The number of hydrogen-bond acceptors (Lipinski definition) is 5. The van der Waals surface area contributed by atoms with Crippen molar-refractivity contribution in [3.8, 4) is 11.5 Å². The number of aryl methyl sites for hydroxylation is 1. The van der Waals surface area contributed by atoms with E-state index in [0.717, 1.165) is 11.1 Å². The van der Waals surface area contributed by atoms with Crippen LogP contribution in [0.3, 0.4) is 0 Å². The van der Waals surface area contributed by atoms with Crippen LogP contribution in [0, 0.1) is 12.3 Å². The molecule has 0 aliphatic rings. The Labute approximate surface area is 184 Å². The van der Waals surface area contributed by atoms with Gasteiger partial charge >= 0.3 is 12.1 Å². The zero-order valence-electron chi connectivity index (χ0n) is 19.4. The molecule has 0 aliphatic heterocycles. The number of nitrogens with one attached hydrogen (secondary N) is 1. The van der Waals surface area contributed by atoms with Crippen LogP contribution in [-0.4, -0.2) is 28.3 Å². The Bertz CT molecular complexity index is 925. The molecule has 1 atom stereocenters. The molecule has 0 heterocycles. The van der Waals surface area contributed by atoms with Crippen LogP contribution in [0.5, 0.6) is 11.5 Å². The molecule has 6 nitrogen and oxygen atoms in total. The van der Waals surface area contributed by atoms with E-state index in [1.54, 1.807) is 63.2 Å². The Morgan fingerprint density at radius 2 is 1.58 bits per heavy atom. The smallest absolute Gasteiger partial charge is 0.408 e. The first-order valence-electron chi connectivity index (χ1n) is 10.3. The Hall–Kier alpha value is -3.02. The summed E-state index contributed by atoms with van der Waals surface area (Å²) >= 11 is 0. The van der Waals surface area contributed by atoms with Crippen LogP contribution >= 0.6 is 0 Å². The number of rotatable bonds is 5. The van der Waals surface area contributed by atoms with Crippen LogP contribution in [0.1, 0.15) is 52.7 Å². The molecule has 2 aromatic rings. The molecule has 2 rings (SSSR count). The number of para-hydroxylation sites is 1. The molecule has 0 bridgehead atoms. The summed E-state index contributed by atoms with van der Waals surface area (Å²) in [6.07, 6.45) is -0.605. The highest BCUT2D eigenvalue weighted by molar-refractivity contribution is 5.89. The van der Waals surface area contributed by atoms with Gasteiger partial charge in [0.1, 0.15) is 22.6 Å². The molecule has 0 saturated carbocycles. The lowest BCUT2D eigenvalue weighted by Crippen LogP contribution is -2.65. The molecule has 0 aliphatic carbocycles. The van der Waals surface area contributed by atoms with Gasteiger partial charge in [0.2, 0.25) is 0 Å². The molecule has 168 valence electrons. The monoisotopic (exact) mass is 427 g/mol. The summed E-state index contributed by atoms with van der Waals surface area (Å²) in [5.74, 6) is -0.156. The first kappa shape index (κ1) is 24.3. The molecular formula is C25H33NO5. The van der Waals surface area contributed by atoms with Gasteiger partial charge in [0, 0.05) is 6.42 Å². The second-order valence-corrected chi connectivity index (χ2v) is 9.77. The Balaban J connectivity index is 2.56. The van der Waals surface area contributed by atoms with E-state index in [9.17, 15) is 14.7 Å². The second kappa shape index (κ2) is 9.00. The SMILES string of the molecule is Cc1ccc(O)cc1C[C@@](NC(=O)OC(C)(C)C)(C(=O)Oc1ccccc1)C(C)(C)C. The average Bonchev–Trinajstić information content (AvgIpc) is 2.62. The number of phenolic OH excluding ortho intramolecular Hbond substituents is 1. The molecule has 2 N–H and O–H groups in total. The Morgan fingerprint density at radius 3 is 2.13 bits per heavy atom. The standard InChI is InChI=1S/C25H33NO5/c1-17-13-14-19(27)15-18(17)16-25(23(2,3)4,26-22(29)31-24(5,6)7)21(28)30-20-11-9-8-10-12-20/h8-15,27H,16H2,1-7H3,(H,26,29)/t25-/m1/s1. The van der Waals surface area contributed by atoms with Crippen LogP contribution in [0.2, 0.25) is 0 Å². The summed E-state index contributed by atoms with van der Waals surface area (Å²) in [6.45, 7) is 12.7. The van der Waals surface area contributed by atoms with E-state index in [-0.39, 0.29) is 12.2 Å². The van der Waals surface area contributed by atoms with Gasteiger partial charge in [-0.25, -0.2) is 9.59 Å². The number of carbonyl (C=O) groups excluding carboxylic acids is 2. The number of aromatic hydroxyl groups is 1. The van der Waals surface area contributed by atoms with E-state index in [1.165, 1.54) is 0 Å². The number of esters is 1. The summed E-state index contributed by atoms with van der Waals surface area (Å²) in [6, 6.07) is 13.7. The zero-order valence-corrected chi connectivity index (χ0v) is 19.4. The minimum absolute atomic E-state index is 0.0807. The fourth-order valence-corrected chi connectivity index (χ4v) is 3.22. The van der Waals surface area contributed by atoms with E-state index in [4.69, 9.17) is 9.47 Å². The highest BCUT2D eigenvalue weighted by Gasteiger charge is 2.52. The summed E-state index contributed by atoms with van der Waals surface area (Å²) in [7, 11) is 0. The molecule has 0 radical (unpaired) electrons. The highest BCUT2D eigenvalue weighted by Crippen LogP contribution is 2.37. The van der Waals surface area contributed by atoms with Gasteiger partial charge in [0.15, 0.2) is 0 Å². The summed E-state index contributed by atoms with van der Waals surface area (Å²) in [5, 5.41) is 12.8. The van der Waals surface area contributed by atoms with E-state index in [2.05, 4.69) is 5.32 Å². The van der Waals surface area contributed by atoms with E-state index in [1.807, 2.05) is 33.8 Å². The lowest BCUT2D eigenvalue weighted by Gasteiger charge is -2.43. The molecule has 31 heavy (non-hydrogen) atoms. The maximum atomic E-state index is 13.6. The van der Waals surface area contributed by atoms with Crippen molar-refractivity contribution in [1.82, 2.24) is 5.32 Å². The number of alkyl carbamates (subject to hydrolysis) is 1. The Morgan fingerprint density at radius 1 is 0.968 bits per heavy atom. The minimum atomic E-state index is -1.47. The fourth-order valence-electron chi connectivity index (χ4n) is 3.22. The van der Waals surface area contributed by atoms with Crippen molar-refractivity contribution in [3.05, 3.63) is 59.7 Å². The summed E-state index contributed by atoms with van der Waals surface area (Å²) in [5.41, 5.74) is -1.36. The molecule has 1 amide bonds. The number of amides is 1. The van der Waals surface area contributed by atoms with Gasteiger partial charge in [-0.1, -0.05) is 45.0 Å². The number of phenols is 1. The lowest BCUT2D eigenvalue weighted by molar-refractivity contribution is -0.147. The van der Waals surface area contributed by atoms with Crippen LogP contribution in [0.4, 0.5) is 4.79 Å². The van der Waals surface area contributed by atoms with Gasteiger partial charge in [-0.3, -0.25) is 0 Å². The average molecular weight is 428 g/mol. The van der Waals surface area contributed by atoms with Gasteiger partial charge in [-0.15, -0.1) is 0 Å². The normalized spacial score (nSPS) is 13.8. The largest absolute Gasteiger partial charge is 0.508 e. The van der Waals surface area contributed by atoms with Gasteiger partial charge in [0.05, 0.1) is 0 Å². The molecule has 2 aromatic carbocycles. The van der Waals surface area contributed by atoms with Crippen molar-refractivity contribution < 1.29 is 24.2 Å². The number of ether oxygens (including phenoxy) is 2. The number of benzene rings is 2. The molecule has 0 saturated heterocycles. The van der Waals surface area contributed by atoms with E-state index < -0.39 is 28.6 Å².